The van der Waals surface area contributed by atoms with Gasteiger partial charge in [0.25, 0.3) is 11.8 Å². The summed E-state index contributed by atoms with van der Waals surface area (Å²) < 4.78 is 39.1. The SMILES string of the molecule is NC(=O)CN(NC(=O)[C@@H]1CCCN1S(=O)(=O)CCc1ccccc1)C(=O)CF. The Morgan fingerprint density at radius 3 is 2.54 bits per heavy atom. The maximum Gasteiger partial charge on any atom is 0.272 e. The quantitative estimate of drug-likeness (QED) is 0.546. The second-order valence-electron chi connectivity index (χ2n) is 6.38. The lowest BCUT2D eigenvalue weighted by atomic mass is 10.2. The van der Waals surface area contributed by atoms with Crippen LogP contribution in [0.4, 0.5) is 4.39 Å². The first-order chi connectivity index (χ1) is 13.2. The number of amides is 3. The lowest BCUT2D eigenvalue weighted by Gasteiger charge is -2.27. The van der Waals surface area contributed by atoms with Crippen molar-refractivity contribution in [2.24, 2.45) is 5.73 Å². The van der Waals surface area contributed by atoms with Crippen molar-refractivity contribution in [2.45, 2.75) is 25.3 Å². The van der Waals surface area contributed by atoms with Crippen LogP contribution in [0.25, 0.3) is 0 Å². The topological polar surface area (TPSA) is 130 Å². The highest BCUT2D eigenvalue weighted by molar-refractivity contribution is 7.89. The molecule has 1 aromatic rings. The molecule has 1 aliphatic rings. The Balaban J connectivity index is 2.06. The average Bonchev–Trinajstić information content (AvgIpc) is 3.17. The number of primary amides is 1. The number of carbonyl (C=O) groups is 3. The van der Waals surface area contributed by atoms with E-state index in [4.69, 9.17) is 5.73 Å². The van der Waals surface area contributed by atoms with Gasteiger partial charge in [-0.05, 0) is 24.8 Å². The molecule has 0 radical (unpaired) electrons. The standard InChI is InChI=1S/C17H23FN4O5S/c18-11-16(24)21(12-15(19)23)20-17(25)14-7-4-9-22(14)28(26,27)10-8-13-5-2-1-3-6-13/h1-3,5-6,14H,4,7-12H2,(H2,19,23)(H,20,25)/t14-/m0/s1. The zero-order valence-corrected chi connectivity index (χ0v) is 16.0. The second kappa shape index (κ2) is 9.60. The number of alkyl halides is 1. The molecule has 0 unspecified atom stereocenters. The van der Waals surface area contributed by atoms with Gasteiger partial charge in [0.15, 0.2) is 6.67 Å². The van der Waals surface area contributed by atoms with Gasteiger partial charge in [0.1, 0.15) is 12.6 Å². The fraction of sp³-hybridized carbons (Fsp3) is 0.471. The minimum Gasteiger partial charge on any atom is -0.368 e. The minimum atomic E-state index is -3.73. The molecule has 1 aromatic carbocycles. The van der Waals surface area contributed by atoms with E-state index in [1.807, 2.05) is 30.3 Å². The molecule has 1 heterocycles. The maximum atomic E-state index is 12.7. The van der Waals surface area contributed by atoms with Crippen LogP contribution in [0.2, 0.25) is 0 Å². The molecule has 0 spiro atoms. The lowest BCUT2D eigenvalue weighted by Crippen LogP contribution is -2.56. The van der Waals surface area contributed by atoms with Crippen LogP contribution in [-0.4, -0.2) is 67.0 Å². The fourth-order valence-electron chi connectivity index (χ4n) is 2.97. The summed E-state index contributed by atoms with van der Waals surface area (Å²) in [6, 6.07) is 8.03. The summed E-state index contributed by atoms with van der Waals surface area (Å²) in [5.74, 6) is -3.07. The van der Waals surface area contributed by atoms with Crippen molar-refractivity contribution >= 4 is 27.7 Å². The van der Waals surface area contributed by atoms with E-state index in [2.05, 4.69) is 5.43 Å². The van der Waals surface area contributed by atoms with E-state index in [9.17, 15) is 27.2 Å². The Bertz CT molecular complexity index is 818. The average molecular weight is 414 g/mol. The van der Waals surface area contributed by atoms with Gasteiger partial charge in [0.05, 0.1) is 5.75 Å². The van der Waals surface area contributed by atoms with Gasteiger partial charge in [-0.15, -0.1) is 0 Å². The minimum absolute atomic E-state index is 0.169. The highest BCUT2D eigenvalue weighted by Crippen LogP contribution is 2.22. The molecule has 9 nitrogen and oxygen atoms in total. The van der Waals surface area contributed by atoms with E-state index in [1.54, 1.807) is 0 Å². The highest BCUT2D eigenvalue weighted by atomic mass is 32.2. The van der Waals surface area contributed by atoms with Gasteiger partial charge in [-0.1, -0.05) is 30.3 Å². The number of rotatable bonds is 8. The summed E-state index contributed by atoms with van der Waals surface area (Å²) >= 11 is 0. The number of hydrogen-bond donors (Lipinski definition) is 2. The first kappa shape index (κ1) is 21.8. The number of carbonyl (C=O) groups excluding carboxylic acids is 3. The van der Waals surface area contributed by atoms with Gasteiger partial charge in [0, 0.05) is 6.54 Å². The summed E-state index contributed by atoms with van der Waals surface area (Å²) in [4.78, 5) is 35.1. The molecule has 0 aliphatic carbocycles. The van der Waals surface area contributed by atoms with Crippen molar-refractivity contribution in [2.75, 3.05) is 25.5 Å². The summed E-state index contributed by atoms with van der Waals surface area (Å²) in [5, 5.41) is 0.470. The van der Waals surface area contributed by atoms with Gasteiger partial charge in [-0.3, -0.25) is 19.8 Å². The van der Waals surface area contributed by atoms with Crippen LogP contribution in [-0.2, 0) is 30.8 Å². The third-order valence-corrected chi connectivity index (χ3v) is 6.20. The van der Waals surface area contributed by atoms with E-state index in [1.165, 1.54) is 0 Å². The number of hydrazine groups is 1. The molecule has 154 valence electrons. The van der Waals surface area contributed by atoms with E-state index in [-0.39, 0.29) is 18.7 Å². The third-order valence-electron chi connectivity index (χ3n) is 4.33. The molecule has 0 aromatic heterocycles. The lowest BCUT2D eigenvalue weighted by molar-refractivity contribution is -0.145. The zero-order chi connectivity index (χ0) is 20.7. The molecule has 1 saturated heterocycles. The van der Waals surface area contributed by atoms with Crippen LogP contribution in [0, 0.1) is 0 Å². The largest absolute Gasteiger partial charge is 0.368 e. The Hall–Kier alpha value is -2.53. The van der Waals surface area contributed by atoms with Gasteiger partial charge in [0.2, 0.25) is 15.9 Å². The van der Waals surface area contributed by atoms with E-state index >= 15 is 0 Å². The van der Waals surface area contributed by atoms with E-state index in [0.29, 0.717) is 17.9 Å². The maximum absolute atomic E-state index is 12.7. The summed E-state index contributed by atoms with van der Waals surface area (Å²) in [6.07, 6.45) is 1.02. The number of nitrogens with two attached hydrogens (primary N) is 1. The molecule has 0 saturated carbocycles. The van der Waals surface area contributed by atoms with Crippen LogP contribution in [0.1, 0.15) is 18.4 Å². The van der Waals surface area contributed by atoms with Crippen LogP contribution >= 0.6 is 0 Å². The van der Waals surface area contributed by atoms with Crippen molar-refractivity contribution in [1.82, 2.24) is 14.7 Å². The molecule has 2 rings (SSSR count). The van der Waals surface area contributed by atoms with Crippen LogP contribution in [0.5, 0.6) is 0 Å². The third kappa shape index (κ3) is 5.73. The number of hydrogen-bond acceptors (Lipinski definition) is 5. The number of sulfonamides is 1. The predicted molar refractivity (Wildman–Crippen MR) is 98.7 cm³/mol. The summed E-state index contributed by atoms with van der Waals surface area (Å²) in [7, 11) is -3.73. The Morgan fingerprint density at radius 2 is 1.93 bits per heavy atom. The first-order valence-corrected chi connectivity index (χ1v) is 10.3. The second-order valence-corrected chi connectivity index (χ2v) is 8.42. The van der Waals surface area contributed by atoms with Crippen molar-refractivity contribution in [3.05, 3.63) is 35.9 Å². The predicted octanol–water partition coefficient (Wildman–Crippen LogP) is -0.662. The fourth-order valence-corrected chi connectivity index (χ4v) is 4.69. The first-order valence-electron chi connectivity index (χ1n) is 8.73. The number of nitrogens with one attached hydrogen (secondary N) is 1. The number of halogens is 1. The van der Waals surface area contributed by atoms with Crippen LogP contribution in [0.15, 0.2) is 30.3 Å². The molecule has 3 N–H and O–H groups in total. The van der Waals surface area contributed by atoms with Crippen molar-refractivity contribution in [3.8, 4) is 0 Å². The normalized spacial score (nSPS) is 17.2. The molecule has 1 aliphatic heterocycles. The Kier molecular flexibility index (Phi) is 7.46. The Morgan fingerprint density at radius 1 is 1.25 bits per heavy atom. The van der Waals surface area contributed by atoms with Crippen molar-refractivity contribution in [1.29, 1.82) is 0 Å². The molecule has 28 heavy (non-hydrogen) atoms. The van der Waals surface area contributed by atoms with Gasteiger partial charge in [-0.25, -0.2) is 17.8 Å². The van der Waals surface area contributed by atoms with Crippen molar-refractivity contribution < 1.29 is 27.2 Å². The van der Waals surface area contributed by atoms with Gasteiger partial charge >= 0.3 is 0 Å². The highest BCUT2D eigenvalue weighted by Gasteiger charge is 2.39. The van der Waals surface area contributed by atoms with E-state index in [0.717, 1.165) is 9.87 Å². The molecular formula is C17H23FN4O5S. The number of benzene rings is 1. The summed E-state index contributed by atoms with van der Waals surface area (Å²) in [5.41, 5.74) is 7.96. The summed E-state index contributed by atoms with van der Waals surface area (Å²) in [6.45, 7) is -1.97. The number of nitrogens with zero attached hydrogens (tertiary/aromatic N) is 2. The monoisotopic (exact) mass is 414 g/mol. The molecule has 0 bridgehead atoms. The smallest absolute Gasteiger partial charge is 0.272 e. The molecule has 1 fully saturated rings. The van der Waals surface area contributed by atoms with Crippen LogP contribution in [0.3, 0.4) is 0 Å². The number of aryl methyl sites for hydroxylation is 1. The molecule has 11 heteroatoms. The molecule has 1 atom stereocenters. The van der Waals surface area contributed by atoms with Gasteiger partial charge in [-0.2, -0.15) is 4.31 Å². The van der Waals surface area contributed by atoms with E-state index < -0.39 is 47.0 Å². The zero-order valence-electron chi connectivity index (χ0n) is 15.2. The van der Waals surface area contributed by atoms with Gasteiger partial charge < -0.3 is 5.73 Å². The van der Waals surface area contributed by atoms with Crippen molar-refractivity contribution in [3.63, 3.8) is 0 Å². The molecular weight excluding hydrogens is 391 g/mol. The van der Waals surface area contributed by atoms with Crippen LogP contribution < -0.4 is 11.2 Å². The molecule has 3 amide bonds. The Labute approximate surface area is 162 Å².